The highest BCUT2D eigenvalue weighted by Crippen LogP contribution is 2.32. The Hall–Kier alpha value is -2.55. The standard InChI is InChI=1S/C16H12N2O/c1-2-6-12-13(10-19-15(12)7-3-1)14-9-11-5-4-8-17-16(11)18-14/h1-6,8-10H,7H2,(H,17,18). The summed E-state index contributed by atoms with van der Waals surface area (Å²) in [6, 6.07) is 6.11. The van der Waals surface area contributed by atoms with Gasteiger partial charge in [-0.25, -0.2) is 4.98 Å². The molecule has 0 radical (unpaired) electrons. The molecule has 0 saturated heterocycles. The van der Waals surface area contributed by atoms with Gasteiger partial charge >= 0.3 is 0 Å². The van der Waals surface area contributed by atoms with Gasteiger partial charge in [-0.3, -0.25) is 0 Å². The molecule has 0 aliphatic heterocycles. The topological polar surface area (TPSA) is 41.8 Å². The molecule has 92 valence electrons. The number of rotatable bonds is 1. The van der Waals surface area contributed by atoms with Gasteiger partial charge in [-0.2, -0.15) is 0 Å². The van der Waals surface area contributed by atoms with Crippen LogP contribution in [0.3, 0.4) is 0 Å². The largest absolute Gasteiger partial charge is 0.468 e. The molecule has 19 heavy (non-hydrogen) atoms. The average molecular weight is 248 g/mol. The smallest absolute Gasteiger partial charge is 0.137 e. The molecule has 3 heteroatoms. The third-order valence-corrected chi connectivity index (χ3v) is 3.40. The van der Waals surface area contributed by atoms with Gasteiger partial charge in [0, 0.05) is 29.1 Å². The fourth-order valence-corrected chi connectivity index (χ4v) is 2.46. The molecule has 3 nitrogen and oxygen atoms in total. The first-order valence-corrected chi connectivity index (χ1v) is 6.29. The maximum absolute atomic E-state index is 5.67. The first-order valence-electron chi connectivity index (χ1n) is 6.29. The van der Waals surface area contributed by atoms with E-state index in [0.717, 1.165) is 40.0 Å². The summed E-state index contributed by atoms with van der Waals surface area (Å²) >= 11 is 0. The van der Waals surface area contributed by atoms with E-state index in [4.69, 9.17) is 4.42 Å². The van der Waals surface area contributed by atoms with Crippen molar-refractivity contribution in [3.63, 3.8) is 0 Å². The number of aromatic nitrogens is 2. The lowest BCUT2D eigenvalue weighted by molar-refractivity contribution is 0.523. The number of aromatic amines is 1. The van der Waals surface area contributed by atoms with Crippen LogP contribution in [0, 0.1) is 0 Å². The van der Waals surface area contributed by atoms with Crippen molar-refractivity contribution >= 4 is 17.1 Å². The van der Waals surface area contributed by atoms with Crippen LogP contribution in [0.5, 0.6) is 0 Å². The molecule has 0 fully saturated rings. The quantitative estimate of drug-likeness (QED) is 0.708. The number of fused-ring (bicyclic) bond motifs is 2. The van der Waals surface area contributed by atoms with Crippen LogP contribution in [0.25, 0.3) is 28.4 Å². The van der Waals surface area contributed by atoms with Crippen molar-refractivity contribution in [2.75, 3.05) is 0 Å². The number of nitrogens with one attached hydrogen (secondary N) is 1. The van der Waals surface area contributed by atoms with Crippen LogP contribution < -0.4 is 0 Å². The average Bonchev–Trinajstić information content (AvgIpc) is 2.96. The van der Waals surface area contributed by atoms with Crippen molar-refractivity contribution < 1.29 is 4.42 Å². The Bertz CT molecular complexity index is 772. The molecule has 3 aromatic heterocycles. The third kappa shape index (κ3) is 1.63. The summed E-state index contributed by atoms with van der Waals surface area (Å²) in [5.74, 6) is 1.01. The van der Waals surface area contributed by atoms with Gasteiger partial charge in [0.15, 0.2) is 0 Å². The molecule has 0 aromatic carbocycles. The second-order valence-electron chi connectivity index (χ2n) is 4.60. The molecule has 1 aliphatic carbocycles. The predicted molar refractivity (Wildman–Crippen MR) is 75.7 cm³/mol. The summed E-state index contributed by atoms with van der Waals surface area (Å²) in [5, 5.41) is 1.11. The number of hydrogen-bond donors (Lipinski definition) is 1. The van der Waals surface area contributed by atoms with E-state index >= 15 is 0 Å². The molecule has 0 amide bonds. The number of nitrogens with zero attached hydrogens (tertiary/aromatic N) is 1. The van der Waals surface area contributed by atoms with E-state index in [1.54, 1.807) is 6.20 Å². The molecule has 0 bridgehead atoms. The van der Waals surface area contributed by atoms with Crippen molar-refractivity contribution in [1.82, 2.24) is 9.97 Å². The monoisotopic (exact) mass is 248 g/mol. The van der Waals surface area contributed by atoms with Crippen LogP contribution in [0.1, 0.15) is 11.3 Å². The highest BCUT2D eigenvalue weighted by molar-refractivity contribution is 5.85. The molecule has 4 rings (SSSR count). The van der Waals surface area contributed by atoms with Crippen LogP contribution in [0.2, 0.25) is 0 Å². The number of H-pyrrole nitrogens is 1. The lowest BCUT2D eigenvalue weighted by Gasteiger charge is -1.96. The zero-order valence-electron chi connectivity index (χ0n) is 10.3. The number of pyridine rings is 1. The van der Waals surface area contributed by atoms with Crippen molar-refractivity contribution in [3.05, 3.63) is 60.2 Å². The SMILES string of the molecule is C1=CCc2occ(-c3cc4cccnc4[nH]3)c2C=C1. The number of allylic oxidation sites excluding steroid dienone is 3. The summed E-state index contributed by atoms with van der Waals surface area (Å²) in [7, 11) is 0. The maximum atomic E-state index is 5.67. The Kier molecular flexibility index (Phi) is 2.18. The Balaban J connectivity index is 1.91. The van der Waals surface area contributed by atoms with Gasteiger partial charge in [-0.1, -0.05) is 24.3 Å². The minimum Gasteiger partial charge on any atom is -0.468 e. The fourth-order valence-electron chi connectivity index (χ4n) is 2.46. The van der Waals surface area contributed by atoms with Gasteiger partial charge in [0.1, 0.15) is 17.7 Å². The van der Waals surface area contributed by atoms with E-state index < -0.39 is 0 Å². The van der Waals surface area contributed by atoms with E-state index in [1.807, 2.05) is 24.5 Å². The van der Waals surface area contributed by atoms with Crippen molar-refractivity contribution in [3.8, 4) is 11.3 Å². The van der Waals surface area contributed by atoms with Crippen LogP contribution in [-0.2, 0) is 6.42 Å². The van der Waals surface area contributed by atoms with Crippen LogP contribution in [0.4, 0.5) is 0 Å². The third-order valence-electron chi connectivity index (χ3n) is 3.40. The lowest BCUT2D eigenvalue weighted by Crippen LogP contribution is -1.82. The Morgan fingerprint density at radius 3 is 3.21 bits per heavy atom. The van der Waals surface area contributed by atoms with Gasteiger partial charge in [0.05, 0.1) is 5.69 Å². The summed E-state index contributed by atoms with van der Waals surface area (Å²) in [6.07, 6.45) is 12.7. The Morgan fingerprint density at radius 2 is 2.26 bits per heavy atom. The van der Waals surface area contributed by atoms with Gasteiger partial charge in [-0.05, 0) is 18.2 Å². The first-order chi connectivity index (χ1) is 9.42. The summed E-state index contributed by atoms with van der Waals surface area (Å²) in [5.41, 5.74) is 4.19. The van der Waals surface area contributed by atoms with Crippen LogP contribution in [-0.4, -0.2) is 9.97 Å². The molecule has 3 heterocycles. The molecule has 3 aromatic rings. The second-order valence-corrected chi connectivity index (χ2v) is 4.60. The van der Waals surface area contributed by atoms with Gasteiger partial charge in [0.2, 0.25) is 0 Å². The second kappa shape index (κ2) is 3.99. The van der Waals surface area contributed by atoms with E-state index in [2.05, 4.69) is 34.3 Å². The van der Waals surface area contributed by atoms with E-state index in [0.29, 0.717) is 0 Å². The van der Waals surface area contributed by atoms with Gasteiger partial charge < -0.3 is 9.40 Å². The van der Waals surface area contributed by atoms with Crippen molar-refractivity contribution in [2.24, 2.45) is 0 Å². The molecule has 0 saturated carbocycles. The van der Waals surface area contributed by atoms with E-state index in [9.17, 15) is 0 Å². The van der Waals surface area contributed by atoms with E-state index in [-0.39, 0.29) is 0 Å². The molecular weight excluding hydrogens is 236 g/mol. The minimum absolute atomic E-state index is 0.834. The van der Waals surface area contributed by atoms with Crippen LogP contribution >= 0.6 is 0 Å². The first kappa shape index (κ1) is 10.4. The van der Waals surface area contributed by atoms with Gasteiger partial charge in [0.25, 0.3) is 0 Å². The molecule has 0 unspecified atom stereocenters. The molecule has 1 aliphatic rings. The minimum atomic E-state index is 0.834. The zero-order valence-corrected chi connectivity index (χ0v) is 10.3. The zero-order chi connectivity index (χ0) is 12.7. The number of furan rings is 1. The maximum Gasteiger partial charge on any atom is 0.137 e. The highest BCUT2D eigenvalue weighted by Gasteiger charge is 2.15. The fraction of sp³-hybridized carbons (Fsp3) is 0.0625. The predicted octanol–water partition coefficient (Wildman–Crippen LogP) is 3.95. The molecule has 0 spiro atoms. The summed E-state index contributed by atoms with van der Waals surface area (Å²) in [4.78, 5) is 7.67. The summed E-state index contributed by atoms with van der Waals surface area (Å²) < 4.78 is 5.67. The lowest BCUT2D eigenvalue weighted by atomic mass is 10.1. The summed E-state index contributed by atoms with van der Waals surface area (Å²) in [6.45, 7) is 0. The Morgan fingerprint density at radius 1 is 1.26 bits per heavy atom. The van der Waals surface area contributed by atoms with Gasteiger partial charge in [-0.15, -0.1) is 0 Å². The van der Waals surface area contributed by atoms with Crippen LogP contribution in [0.15, 0.2) is 53.3 Å². The number of hydrogen-bond acceptors (Lipinski definition) is 2. The molecule has 1 N–H and O–H groups in total. The van der Waals surface area contributed by atoms with E-state index in [1.165, 1.54) is 0 Å². The van der Waals surface area contributed by atoms with Crippen molar-refractivity contribution in [1.29, 1.82) is 0 Å². The molecular formula is C16H12N2O. The molecule has 0 atom stereocenters. The van der Waals surface area contributed by atoms with Crippen molar-refractivity contribution in [2.45, 2.75) is 6.42 Å². The Labute approximate surface area is 110 Å². The normalized spacial score (nSPS) is 13.7. The highest BCUT2D eigenvalue weighted by atomic mass is 16.3.